The van der Waals surface area contributed by atoms with Gasteiger partial charge in [-0.3, -0.25) is 0 Å². The van der Waals surface area contributed by atoms with Crippen molar-refractivity contribution in [3.05, 3.63) is 0 Å². The van der Waals surface area contributed by atoms with Crippen molar-refractivity contribution in [3.63, 3.8) is 0 Å². The number of alkyl halides is 3. The van der Waals surface area contributed by atoms with Gasteiger partial charge in [-0.2, -0.15) is 0 Å². The highest BCUT2D eigenvalue weighted by Gasteiger charge is 2.16. The number of sulfone groups is 1. The van der Waals surface area contributed by atoms with Crippen molar-refractivity contribution in [2.45, 2.75) is 3.07 Å². The van der Waals surface area contributed by atoms with E-state index >= 15 is 0 Å². The molecule has 0 amide bonds. The molecular weight excluding hydrogens is 328 g/mol. The second-order valence-electron chi connectivity index (χ2n) is 1.03. The largest absolute Gasteiger partial charge is 0.226 e. The van der Waals surface area contributed by atoms with E-state index in [1.165, 1.54) is 0 Å². The number of halogens is 3. The third-order valence-corrected chi connectivity index (χ3v) is 6.60. The van der Waals surface area contributed by atoms with Gasteiger partial charge in [-0.25, -0.2) is 8.42 Å². The zero-order chi connectivity index (χ0) is 6.78. The first-order chi connectivity index (χ1) is 3.50. The minimum atomic E-state index is -2.99. The Balaban J connectivity index is 4.17. The van der Waals surface area contributed by atoms with E-state index < -0.39 is 12.9 Å². The molecule has 6 heteroatoms. The lowest BCUT2D eigenvalue weighted by Crippen LogP contribution is -2.07. The Morgan fingerprint density at radius 2 is 1.75 bits per heavy atom. The Bertz CT molecular complexity index is 149. The van der Waals surface area contributed by atoms with E-state index in [-0.39, 0.29) is 4.66 Å². The van der Waals surface area contributed by atoms with Gasteiger partial charge < -0.3 is 0 Å². The fraction of sp³-hybridized carbons (Fsp3) is 1.00. The summed E-state index contributed by atoms with van der Waals surface area (Å²) < 4.78 is 20.5. The molecule has 0 N–H and O–H groups in total. The first-order valence-electron chi connectivity index (χ1n) is 1.56. The van der Waals surface area contributed by atoms with Gasteiger partial charge >= 0.3 is 0 Å². The van der Waals surface area contributed by atoms with Crippen LogP contribution in [0.3, 0.4) is 0 Å². The first-order valence-corrected chi connectivity index (χ1v) is 6.23. The van der Waals surface area contributed by atoms with Gasteiger partial charge in [0, 0.05) is 0 Å². The van der Waals surface area contributed by atoms with Gasteiger partial charge in [0.05, 0.1) is 0 Å². The van der Waals surface area contributed by atoms with Gasteiger partial charge in [0.1, 0.15) is 4.66 Å². The molecule has 0 radical (unpaired) electrons. The Morgan fingerprint density at radius 3 is 1.75 bits per heavy atom. The SMILES string of the molecule is O=S(=O)(CBr)C(Br)Br. The van der Waals surface area contributed by atoms with Gasteiger partial charge in [-0.15, -0.1) is 0 Å². The van der Waals surface area contributed by atoms with Gasteiger partial charge in [0.25, 0.3) is 0 Å². The third kappa shape index (κ3) is 2.80. The molecule has 0 rings (SSSR count). The van der Waals surface area contributed by atoms with Crippen LogP contribution in [0.4, 0.5) is 0 Å². The second kappa shape index (κ2) is 3.53. The normalized spacial score (nSPS) is 12.5. The minimum absolute atomic E-state index is 0.0266. The van der Waals surface area contributed by atoms with Crippen LogP contribution in [0.5, 0.6) is 0 Å². The maximum atomic E-state index is 10.6. The Morgan fingerprint density at radius 1 is 1.38 bits per heavy atom. The molecule has 0 unspecified atom stereocenters. The summed E-state index contributed by atoms with van der Waals surface area (Å²) in [4.78, 5) is 0. The molecule has 50 valence electrons. The van der Waals surface area contributed by atoms with Crippen molar-refractivity contribution in [1.82, 2.24) is 0 Å². The fourth-order valence-electron chi connectivity index (χ4n) is 0.0476. The zero-order valence-electron chi connectivity index (χ0n) is 3.64. The molecule has 0 saturated carbocycles. The maximum absolute atomic E-state index is 10.6. The van der Waals surface area contributed by atoms with Gasteiger partial charge in [-0.05, 0) is 0 Å². The zero-order valence-corrected chi connectivity index (χ0v) is 9.22. The topological polar surface area (TPSA) is 34.1 Å². The van der Waals surface area contributed by atoms with E-state index in [1.54, 1.807) is 0 Å². The highest BCUT2D eigenvalue weighted by molar-refractivity contribution is 9.27. The van der Waals surface area contributed by atoms with Crippen LogP contribution < -0.4 is 0 Å². The molecule has 8 heavy (non-hydrogen) atoms. The van der Waals surface area contributed by atoms with Crippen LogP contribution >= 0.6 is 47.8 Å². The van der Waals surface area contributed by atoms with Crippen LogP contribution in [-0.4, -0.2) is 16.1 Å². The van der Waals surface area contributed by atoms with Crippen molar-refractivity contribution in [3.8, 4) is 0 Å². The highest BCUT2D eigenvalue weighted by Crippen LogP contribution is 2.17. The smallest absolute Gasteiger partial charge is 0.183 e. The monoisotopic (exact) mass is 328 g/mol. The summed E-state index contributed by atoms with van der Waals surface area (Å²) in [5.41, 5.74) is 0. The molecule has 0 saturated heterocycles. The molecule has 0 aromatic heterocycles. The van der Waals surface area contributed by atoms with Crippen LogP contribution in [-0.2, 0) is 9.84 Å². The van der Waals surface area contributed by atoms with E-state index in [1.807, 2.05) is 0 Å². The van der Waals surface area contributed by atoms with Crippen molar-refractivity contribution in [1.29, 1.82) is 0 Å². The summed E-state index contributed by atoms with van der Waals surface area (Å²) in [7, 11) is -2.99. The molecule has 0 spiro atoms. The number of rotatable bonds is 2. The summed E-state index contributed by atoms with van der Waals surface area (Å²) in [6, 6.07) is 0. The maximum Gasteiger partial charge on any atom is 0.183 e. The molecule has 0 aliphatic heterocycles. The summed E-state index contributed by atoms with van der Waals surface area (Å²) in [5.74, 6) is 0. The molecule has 0 aromatic carbocycles. The molecule has 0 aromatic rings. The average Bonchev–Trinajstić information content (AvgIpc) is 1.67. The summed E-state index contributed by atoms with van der Waals surface area (Å²) in [6.45, 7) is 0. The third-order valence-electron chi connectivity index (χ3n) is 0.424. The fourth-order valence-corrected chi connectivity index (χ4v) is 3.86. The van der Waals surface area contributed by atoms with Crippen molar-refractivity contribution in [2.75, 3.05) is 4.66 Å². The van der Waals surface area contributed by atoms with E-state index in [0.29, 0.717) is 0 Å². The van der Waals surface area contributed by atoms with Crippen molar-refractivity contribution >= 4 is 57.6 Å². The van der Waals surface area contributed by atoms with Crippen LogP contribution in [0, 0.1) is 0 Å². The van der Waals surface area contributed by atoms with Crippen molar-refractivity contribution in [2.24, 2.45) is 0 Å². The molecule has 0 heterocycles. The van der Waals surface area contributed by atoms with Crippen LogP contribution in [0.15, 0.2) is 0 Å². The lowest BCUT2D eigenvalue weighted by molar-refractivity contribution is 0.605. The molecular formula is C2H3Br3O2S. The van der Waals surface area contributed by atoms with Crippen LogP contribution in [0.1, 0.15) is 0 Å². The Labute approximate surface area is 73.3 Å². The summed E-state index contributed by atoms with van der Waals surface area (Å²) >= 11 is 8.53. The van der Waals surface area contributed by atoms with E-state index in [2.05, 4.69) is 47.8 Å². The van der Waals surface area contributed by atoms with Crippen molar-refractivity contribution < 1.29 is 8.42 Å². The Hall–Kier alpha value is 1.39. The van der Waals surface area contributed by atoms with E-state index in [4.69, 9.17) is 0 Å². The number of hydrogen-bond donors (Lipinski definition) is 0. The van der Waals surface area contributed by atoms with Gasteiger partial charge in [0.15, 0.2) is 12.9 Å². The molecule has 0 atom stereocenters. The molecule has 0 aliphatic rings. The van der Waals surface area contributed by atoms with Gasteiger partial charge in [-0.1, -0.05) is 47.8 Å². The Kier molecular flexibility index (Phi) is 4.15. The van der Waals surface area contributed by atoms with E-state index in [9.17, 15) is 8.42 Å². The van der Waals surface area contributed by atoms with Crippen LogP contribution in [0.2, 0.25) is 0 Å². The molecule has 2 nitrogen and oxygen atoms in total. The predicted molar refractivity (Wildman–Crippen MR) is 44.4 cm³/mol. The lowest BCUT2D eigenvalue weighted by Gasteiger charge is -1.96. The first kappa shape index (κ1) is 9.39. The second-order valence-corrected chi connectivity index (χ2v) is 8.69. The predicted octanol–water partition coefficient (Wildman–Crippen LogP) is 1.83. The lowest BCUT2D eigenvalue weighted by atomic mass is 11.9. The molecule has 0 fully saturated rings. The standard InChI is InChI=1S/C2H3Br3O2S/c3-1-8(6,7)2(4)5/h2H,1H2. The summed E-state index contributed by atoms with van der Waals surface area (Å²) in [5, 5.41) is 0. The van der Waals surface area contributed by atoms with E-state index in [0.717, 1.165) is 0 Å². The molecule has 0 bridgehead atoms. The summed E-state index contributed by atoms with van der Waals surface area (Å²) in [6.07, 6.45) is 0. The minimum Gasteiger partial charge on any atom is -0.226 e. The quantitative estimate of drug-likeness (QED) is 0.724. The van der Waals surface area contributed by atoms with Crippen LogP contribution in [0.25, 0.3) is 0 Å². The number of hydrogen-bond acceptors (Lipinski definition) is 2. The average molecular weight is 331 g/mol. The van der Waals surface area contributed by atoms with Gasteiger partial charge in [0.2, 0.25) is 0 Å². The molecule has 0 aliphatic carbocycles. The highest BCUT2D eigenvalue weighted by atomic mass is 79.9.